The second kappa shape index (κ2) is 8.45. The second-order valence-corrected chi connectivity index (χ2v) is 10.0. The van der Waals surface area contributed by atoms with E-state index in [9.17, 15) is 22.6 Å². The average Bonchev–Trinajstić information content (AvgIpc) is 3.03. The lowest BCUT2D eigenvalue weighted by Gasteiger charge is -2.20. The van der Waals surface area contributed by atoms with Gasteiger partial charge in [0.05, 0.1) is 11.8 Å². The van der Waals surface area contributed by atoms with Crippen LogP contribution in [0.2, 0.25) is 0 Å². The van der Waals surface area contributed by atoms with Gasteiger partial charge < -0.3 is 9.76 Å². The molecule has 0 saturated heterocycles. The van der Waals surface area contributed by atoms with Gasteiger partial charge in [-0.05, 0) is 67.8 Å². The molecular weight excluding hydrogens is 422 g/mol. The third-order valence-corrected chi connectivity index (χ3v) is 5.06. The molecular formula is C21H23BFN2O5S. The number of carbonyl (C=O) groups excluding carboxylic acids is 1. The van der Waals surface area contributed by atoms with Crippen molar-refractivity contribution in [1.82, 2.24) is 9.29 Å². The zero-order chi connectivity index (χ0) is 23.0. The van der Waals surface area contributed by atoms with Crippen molar-refractivity contribution in [3.05, 3.63) is 53.8 Å². The number of sulfonamides is 1. The van der Waals surface area contributed by atoms with Crippen molar-refractivity contribution in [3.63, 3.8) is 0 Å². The van der Waals surface area contributed by atoms with Crippen LogP contribution in [0.3, 0.4) is 0 Å². The molecule has 2 aromatic carbocycles. The van der Waals surface area contributed by atoms with Crippen LogP contribution < -0.4 is 10.3 Å². The highest BCUT2D eigenvalue weighted by Gasteiger charge is 2.23. The molecule has 1 aromatic heterocycles. The minimum absolute atomic E-state index is 0.0614. The van der Waals surface area contributed by atoms with Crippen LogP contribution in [0.1, 0.15) is 26.3 Å². The standard InChI is InChI=1S/C21H23BFN2O5S/c1-21(2,3)30-20(26)25-18-7-5-6-16(17(18)11-19(25)22-27)14-8-13(9-15(23)10-14)12-24-31(4,28)29/h5-11,24,27H,12H2,1-4H3. The smallest absolute Gasteiger partial charge is 0.418 e. The van der Waals surface area contributed by atoms with E-state index in [1.165, 1.54) is 16.7 Å². The molecule has 1 heterocycles. The Morgan fingerprint density at radius 3 is 2.55 bits per heavy atom. The van der Waals surface area contributed by atoms with Gasteiger partial charge in [0.15, 0.2) is 0 Å². The molecule has 0 fully saturated rings. The molecule has 0 aliphatic carbocycles. The first-order valence-corrected chi connectivity index (χ1v) is 11.4. The maximum atomic E-state index is 14.3. The molecule has 0 aliphatic rings. The van der Waals surface area contributed by atoms with Gasteiger partial charge in [-0.15, -0.1) is 0 Å². The molecule has 0 aliphatic heterocycles. The molecule has 3 aromatic rings. The summed E-state index contributed by atoms with van der Waals surface area (Å²) in [5.74, 6) is -0.527. The van der Waals surface area contributed by atoms with Crippen molar-refractivity contribution in [2.45, 2.75) is 32.9 Å². The minimum Gasteiger partial charge on any atom is -0.449 e. The van der Waals surface area contributed by atoms with E-state index in [0.717, 1.165) is 13.7 Å². The number of ether oxygens (including phenoxy) is 1. The number of rotatable bonds is 5. The fraction of sp³-hybridized carbons (Fsp3) is 0.286. The van der Waals surface area contributed by atoms with Crippen molar-refractivity contribution >= 4 is 40.1 Å². The third-order valence-electron chi connectivity index (χ3n) is 4.39. The summed E-state index contributed by atoms with van der Waals surface area (Å²) in [5, 5.41) is 10.3. The summed E-state index contributed by atoms with van der Waals surface area (Å²) in [6, 6.07) is 11.0. The van der Waals surface area contributed by atoms with Gasteiger partial charge in [0, 0.05) is 17.5 Å². The molecule has 0 unspecified atom stereocenters. The molecule has 10 heteroatoms. The first kappa shape index (κ1) is 23.0. The normalized spacial score (nSPS) is 12.2. The topological polar surface area (TPSA) is 97.6 Å². The molecule has 2 N–H and O–H groups in total. The van der Waals surface area contributed by atoms with E-state index in [0.29, 0.717) is 27.6 Å². The highest BCUT2D eigenvalue weighted by molar-refractivity contribution is 7.88. The molecule has 0 atom stereocenters. The van der Waals surface area contributed by atoms with Crippen molar-refractivity contribution in [2.24, 2.45) is 0 Å². The maximum absolute atomic E-state index is 14.3. The van der Waals surface area contributed by atoms with E-state index in [4.69, 9.17) is 4.74 Å². The molecule has 0 spiro atoms. The van der Waals surface area contributed by atoms with Gasteiger partial charge in [0.1, 0.15) is 11.4 Å². The van der Waals surface area contributed by atoms with Crippen LogP contribution in [0, 0.1) is 5.82 Å². The predicted molar refractivity (Wildman–Crippen MR) is 118 cm³/mol. The van der Waals surface area contributed by atoms with Gasteiger partial charge in [0.25, 0.3) is 0 Å². The predicted octanol–water partition coefficient (Wildman–Crippen LogP) is 2.52. The molecule has 0 amide bonds. The summed E-state index contributed by atoms with van der Waals surface area (Å²) < 4.78 is 46.1. The number of hydrogen-bond donors (Lipinski definition) is 2. The minimum atomic E-state index is -3.44. The van der Waals surface area contributed by atoms with Gasteiger partial charge in [0.2, 0.25) is 10.0 Å². The Hall–Kier alpha value is -2.69. The van der Waals surface area contributed by atoms with Crippen LogP contribution in [0.4, 0.5) is 9.18 Å². The van der Waals surface area contributed by atoms with E-state index in [1.54, 1.807) is 51.1 Å². The Morgan fingerprint density at radius 2 is 1.94 bits per heavy atom. The summed E-state index contributed by atoms with van der Waals surface area (Å²) in [6.07, 6.45) is 0.373. The van der Waals surface area contributed by atoms with Crippen LogP contribution in [0.5, 0.6) is 0 Å². The number of halogens is 1. The van der Waals surface area contributed by atoms with E-state index < -0.39 is 27.5 Å². The quantitative estimate of drug-likeness (QED) is 0.589. The summed E-state index contributed by atoms with van der Waals surface area (Å²) in [4.78, 5) is 12.7. The number of carbonyl (C=O) groups is 1. The summed E-state index contributed by atoms with van der Waals surface area (Å²) in [5.41, 5.74) is 1.52. The number of nitrogens with zero attached hydrogens (tertiary/aromatic N) is 1. The molecule has 1 radical (unpaired) electrons. The second-order valence-electron chi connectivity index (χ2n) is 8.19. The molecule has 31 heavy (non-hydrogen) atoms. The van der Waals surface area contributed by atoms with Crippen molar-refractivity contribution in [1.29, 1.82) is 0 Å². The lowest BCUT2D eigenvalue weighted by molar-refractivity contribution is 0.0549. The summed E-state index contributed by atoms with van der Waals surface area (Å²) in [6.45, 7) is 5.16. The zero-order valence-corrected chi connectivity index (χ0v) is 18.5. The van der Waals surface area contributed by atoms with Crippen LogP contribution in [0.25, 0.3) is 22.0 Å². The van der Waals surface area contributed by atoms with E-state index in [1.807, 2.05) is 0 Å². The molecule has 0 saturated carbocycles. The number of benzene rings is 2. The van der Waals surface area contributed by atoms with Crippen LogP contribution in [0.15, 0.2) is 42.5 Å². The molecule has 0 bridgehead atoms. The number of hydrogen-bond acceptors (Lipinski definition) is 5. The van der Waals surface area contributed by atoms with Gasteiger partial charge >= 0.3 is 13.6 Å². The third kappa shape index (κ3) is 5.52. The van der Waals surface area contributed by atoms with Crippen LogP contribution >= 0.6 is 0 Å². The van der Waals surface area contributed by atoms with E-state index in [2.05, 4.69) is 4.72 Å². The highest BCUT2D eigenvalue weighted by Crippen LogP contribution is 2.30. The van der Waals surface area contributed by atoms with Gasteiger partial charge in [-0.25, -0.2) is 22.3 Å². The average molecular weight is 445 g/mol. The lowest BCUT2D eigenvalue weighted by atomic mass is 9.94. The number of nitrogens with one attached hydrogen (secondary N) is 1. The van der Waals surface area contributed by atoms with Crippen LogP contribution in [-0.4, -0.2) is 43.4 Å². The largest absolute Gasteiger partial charge is 0.449 e. The first-order valence-electron chi connectivity index (χ1n) is 9.48. The Labute approximate surface area is 181 Å². The zero-order valence-electron chi connectivity index (χ0n) is 17.6. The van der Waals surface area contributed by atoms with Crippen molar-refractivity contribution in [2.75, 3.05) is 6.26 Å². The van der Waals surface area contributed by atoms with Gasteiger partial charge in [-0.2, -0.15) is 0 Å². The lowest BCUT2D eigenvalue weighted by Crippen LogP contribution is -2.34. The monoisotopic (exact) mass is 445 g/mol. The Morgan fingerprint density at radius 1 is 1.23 bits per heavy atom. The van der Waals surface area contributed by atoms with Gasteiger partial charge in [-0.3, -0.25) is 4.57 Å². The Kier molecular flexibility index (Phi) is 6.27. The summed E-state index contributed by atoms with van der Waals surface area (Å²) >= 11 is 0. The summed E-state index contributed by atoms with van der Waals surface area (Å²) in [7, 11) is -2.63. The van der Waals surface area contributed by atoms with Gasteiger partial charge in [-0.1, -0.05) is 12.1 Å². The number of fused-ring (bicyclic) bond motifs is 1. The number of aromatic nitrogens is 1. The SMILES string of the molecule is CC(C)(C)OC(=O)n1c([B]O)cc2c(-c3cc(F)cc(CNS(C)(=O)=O)c3)cccc21. The first-order chi connectivity index (χ1) is 14.4. The van der Waals surface area contributed by atoms with Crippen molar-refractivity contribution in [3.8, 4) is 11.1 Å². The van der Waals surface area contributed by atoms with E-state index >= 15 is 0 Å². The molecule has 163 valence electrons. The van der Waals surface area contributed by atoms with Crippen molar-refractivity contribution < 1.29 is 27.4 Å². The van der Waals surface area contributed by atoms with E-state index in [-0.39, 0.29) is 12.1 Å². The fourth-order valence-corrected chi connectivity index (χ4v) is 3.66. The highest BCUT2D eigenvalue weighted by atomic mass is 32.2. The Bertz CT molecular complexity index is 1250. The fourth-order valence-electron chi connectivity index (χ4n) is 3.23. The molecule has 3 rings (SSSR count). The molecule has 7 nitrogen and oxygen atoms in total. The Balaban J connectivity index is 2.12. The van der Waals surface area contributed by atoms with Crippen LogP contribution in [-0.2, 0) is 21.3 Å². The maximum Gasteiger partial charge on any atom is 0.418 e.